The highest BCUT2D eigenvalue weighted by atomic mass is 19.1. The molecule has 1 aliphatic rings. The minimum Gasteiger partial charge on any atom is -0.466 e. The van der Waals surface area contributed by atoms with Crippen LogP contribution in [0.3, 0.4) is 0 Å². The monoisotopic (exact) mass is 330 g/mol. The van der Waals surface area contributed by atoms with Gasteiger partial charge in [-0.15, -0.1) is 0 Å². The summed E-state index contributed by atoms with van der Waals surface area (Å²) in [5.41, 5.74) is 1.79. The van der Waals surface area contributed by atoms with E-state index in [9.17, 15) is 9.18 Å². The molecule has 128 valence electrons. The van der Waals surface area contributed by atoms with Crippen LogP contribution in [0.5, 0.6) is 0 Å². The maximum Gasteiger partial charge on any atom is 0.318 e. The summed E-state index contributed by atoms with van der Waals surface area (Å²) in [5, 5.41) is 3.04. The molecule has 1 unspecified atom stereocenters. The van der Waals surface area contributed by atoms with E-state index in [1.807, 2.05) is 32.9 Å². The Balaban J connectivity index is 1.69. The van der Waals surface area contributed by atoms with E-state index in [0.717, 1.165) is 35.5 Å². The number of nitrogens with one attached hydrogen (secondary N) is 1. The van der Waals surface area contributed by atoms with E-state index in [-0.39, 0.29) is 23.9 Å². The quantitative estimate of drug-likeness (QED) is 0.879. The molecule has 2 amide bonds. The van der Waals surface area contributed by atoms with Crippen molar-refractivity contribution in [3.8, 4) is 0 Å². The molecule has 0 radical (unpaired) electrons. The zero-order valence-electron chi connectivity index (χ0n) is 14.3. The Hall–Kier alpha value is -2.30. The van der Waals surface area contributed by atoms with Gasteiger partial charge in [0.15, 0.2) is 0 Å². The first-order chi connectivity index (χ1) is 11.4. The third-order valence-electron chi connectivity index (χ3n) is 4.38. The van der Waals surface area contributed by atoms with Crippen molar-refractivity contribution in [2.45, 2.75) is 52.2 Å². The molecule has 1 heterocycles. The second-order valence-electron chi connectivity index (χ2n) is 6.53. The minimum atomic E-state index is -0.276. The molecule has 5 heteroatoms. The molecule has 0 bridgehead atoms. The van der Waals surface area contributed by atoms with Crippen LogP contribution >= 0.6 is 0 Å². The minimum absolute atomic E-state index is 0.118. The van der Waals surface area contributed by atoms with Gasteiger partial charge in [-0.1, -0.05) is 12.1 Å². The van der Waals surface area contributed by atoms with Crippen LogP contribution < -0.4 is 5.32 Å². The van der Waals surface area contributed by atoms with Gasteiger partial charge in [-0.05, 0) is 57.4 Å². The Morgan fingerprint density at radius 2 is 2.12 bits per heavy atom. The third kappa shape index (κ3) is 3.78. The summed E-state index contributed by atoms with van der Waals surface area (Å²) >= 11 is 0. The summed E-state index contributed by atoms with van der Waals surface area (Å²) < 4.78 is 18.9. The van der Waals surface area contributed by atoms with E-state index in [4.69, 9.17) is 4.42 Å². The van der Waals surface area contributed by atoms with Crippen LogP contribution in [0.1, 0.15) is 48.5 Å². The molecule has 3 rings (SSSR count). The Labute approximate surface area is 141 Å². The second-order valence-corrected chi connectivity index (χ2v) is 6.53. The summed E-state index contributed by atoms with van der Waals surface area (Å²) in [6, 6.07) is 8.36. The van der Waals surface area contributed by atoms with Crippen molar-refractivity contribution in [1.82, 2.24) is 10.2 Å². The predicted octanol–water partition coefficient (Wildman–Crippen LogP) is 4.47. The number of furan rings is 1. The number of urea groups is 1. The van der Waals surface area contributed by atoms with Crippen molar-refractivity contribution in [3.63, 3.8) is 0 Å². The van der Waals surface area contributed by atoms with Crippen molar-refractivity contribution in [2.24, 2.45) is 0 Å². The van der Waals surface area contributed by atoms with Gasteiger partial charge in [0.05, 0.1) is 6.04 Å². The van der Waals surface area contributed by atoms with E-state index in [1.165, 1.54) is 12.1 Å². The topological polar surface area (TPSA) is 45.5 Å². The molecular weight excluding hydrogens is 307 g/mol. The van der Waals surface area contributed by atoms with Crippen molar-refractivity contribution in [3.05, 3.63) is 58.8 Å². The molecule has 1 aliphatic carbocycles. The Bertz CT molecular complexity index is 737. The zero-order chi connectivity index (χ0) is 17.3. The van der Waals surface area contributed by atoms with Gasteiger partial charge in [0.25, 0.3) is 0 Å². The fourth-order valence-electron chi connectivity index (χ4n) is 3.01. The van der Waals surface area contributed by atoms with Crippen molar-refractivity contribution in [1.29, 1.82) is 0 Å². The number of nitrogens with zero attached hydrogens (tertiary/aromatic N) is 1. The van der Waals surface area contributed by atoms with Gasteiger partial charge in [-0.3, -0.25) is 0 Å². The number of amides is 2. The highest BCUT2D eigenvalue weighted by Gasteiger charge is 2.33. The standard InChI is InChI=1S/C19H23FN2O2/c1-12-9-18(14(3)24-12)13(2)21-19(23)22(17-7-8-17)11-15-5-4-6-16(20)10-15/h4-6,9-10,13,17H,7-8,11H2,1-3H3,(H,21,23). The molecule has 1 N–H and O–H groups in total. The molecule has 1 atom stereocenters. The lowest BCUT2D eigenvalue weighted by Crippen LogP contribution is -2.42. The largest absolute Gasteiger partial charge is 0.466 e. The van der Waals surface area contributed by atoms with Crippen molar-refractivity contribution >= 4 is 6.03 Å². The van der Waals surface area contributed by atoms with Gasteiger partial charge in [0, 0.05) is 18.2 Å². The average molecular weight is 330 g/mol. The number of carbonyl (C=O) groups is 1. The zero-order valence-corrected chi connectivity index (χ0v) is 14.3. The molecule has 1 aromatic heterocycles. The van der Waals surface area contributed by atoms with Crippen LogP contribution in [0.2, 0.25) is 0 Å². The van der Waals surface area contributed by atoms with Crippen LogP contribution in [0.25, 0.3) is 0 Å². The number of halogens is 1. The molecule has 1 fully saturated rings. The average Bonchev–Trinajstić information content (AvgIpc) is 3.29. The summed E-state index contributed by atoms with van der Waals surface area (Å²) in [5.74, 6) is 1.38. The summed E-state index contributed by atoms with van der Waals surface area (Å²) in [7, 11) is 0. The molecule has 0 spiro atoms. The molecular formula is C19H23FN2O2. The molecule has 0 saturated heterocycles. The number of rotatable bonds is 5. The van der Waals surface area contributed by atoms with Crippen LogP contribution in [-0.4, -0.2) is 17.0 Å². The normalized spacial score (nSPS) is 15.2. The van der Waals surface area contributed by atoms with Crippen LogP contribution in [0.15, 0.2) is 34.7 Å². The molecule has 0 aliphatic heterocycles. The first kappa shape index (κ1) is 16.6. The molecule has 1 saturated carbocycles. The number of benzene rings is 1. The fourth-order valence-corrected chi connectivity index (χ4v) is 3.01. The summed E-state index contributed by atoms with van der Waals surface area (Å²) in [6.07, 6.45) is 2.00. The number of carbonyl (C=O) groups excluding carboxylic acids is 1. The predicted molar refractivity (Wildman–Crippen MR) is 90.1 cm³/mol. The fraction of sp³-hybridized carbons (Fsp3) is 0.421. The van der Waals surface area contributed by atoms with Crippen LogP contribution in [0.4, 0.5) is 9.18 Å². The van der Waals surface area contributed by atoms with Crippen molar-refractivity contribution < 1.29 is 13.6 Å². The third-order valence-corrected chi connectivity index (χ3v) is 4.38. The Morgan fingerprint density at radius 3 is 2.71 bits per heavy atom. The number of hydrogen-bond donors (Lipinski definition) is 1. The van der Waals surface area contributed by atoms with E-state index in [0.29, 0.717) is 6.54 Å². The first-order valence-corrected chi connectivity index (χ1v) is 8.32. The highest BCUT2D eigenvalue weighted by molar-refractivity contribution is 5.75. The van der Waals surface area contributed by atoms with Gasteiger partial charge in [-0.2, -0.15) is 0 Å². The number of hydrogen-bond acceptors (Lipinski definition) is 2. The van der Waals surface area contributed by atoms with E-state index in [1.54, 1.807) is 11.0 Å². The summed E-state index contributed by atoms with van der Waals surface area (Å²) in [4.78, 5) is 14.5. The van der Waals surface area contributed by atoms with Gasteiger partial charge in [-0.25, -0.2) is 9.18 Å². The van der Waals surface area contributed by atoms with E-state index < -0.39 is 0 Å². The smallest absolute Gasteiger partial charge is 0.318 e. The molecule has 4 nitrogen and oxygen atoms in total. The van der Waals surface area contributed by atoms with Gasteiger partial charge < -0.3 is 14.6 Å². The first-order valence-electron chi connectivity index (χ1n) is 8.32. The lowest BCUT2D eigenvalue weighted by atomic mass is 10.1. The lowest BCUT2D eigenvalue weighted by Gasteiger charge is -2.25. The molecule has 2 aromatic rings. The number of aryl methyl sites for hydroxylation is 2. The van der Waals surface area contributed by atoms with Gasteiger partial charge in [0.2, 0.25) is 0 Å². The Kier molecular flexibility index (Phi) is 4.60. The van der Waals surface area contributed by atoms with Crippen molar-refractivity contribution in [2.75, 3.05) is 0 Å². The molecule has 24 heavy (non-hydrogen) atoms. The Morgan fingerprint density at radius 1 is 1.38 bits per heavy atom. The SMILES string of the molecule is Cc1cc(C(C)NC(=O)N(Cc2cccc(F)c2)C2CC2)c(C)o1. The van der Waals surface area contributed by atoms with Crippen LogP contribution in [-0.2, 0) is 6.54 Å². The molecule has 1 aromatic carbocycles. The second kappa shape index (κ2) is 6.67. The lowest BCUT2D eigenvalue weighted by molar-refractivity contribution is 0.188. The van der Waals surface area contributed by atoms with Gasteiger partial charge >= 0.3 is 6.03 Å². The van der Waals surface area contributed by atoms with E-state index in [2.05, 4.69) is 5.32 Å². The maximum atomic E-state index is 13.4. The maximum absolute atomic E-state index is 13.4. The summed E-state index contributed by atoms with van der Waals surface area (Å²) in [6.45, 7) is 6.16. The van der Waals surface area contributed by atoms with Gasteiger partial charge in [0.1, 0.15) is 17.3 Å². The van der Waals surface area contributed by atoms with E-state index >= 15 is 0 Å². The van der Waals surface area contributed by atoms with Crippen LogP contribution in [0, 0.1) is 19.7 Å². The highest BCUT2D eigenvalue weighted by Crippen LogP contribution is 2.29.